The van der Waals surface area contributed by atoms with E-state index in [1.54, 1.807) is 18.6 Å². The minimum Gasteiger partial charge on any atom is -0.264 e. The maximum Gasteiger partial charge on any atom is 0.178 e. The lowest BCUT2D eigenvalue weighted by Gasteiger charge is -2.17. The summed E-state index contributed by atoms with van der Waals surface area (Å²) in [5.74, 6) is 0.586. The number of hydrogen-bond acceptors (Lipinski definition) is 4. The average Bonchev–Trinajstić information content (AvgIpc) is 3.22. The van der Waals surface area contributed by atoms with Crippen LogP contribution in [0.4, 0.5) is 0 Å². The van der Waals surface area contributed by atoms with Crippen molar-refractivity contribution in [3.63, 3.8) is 0 Å². The van der Waals surface area contributed by atoms with Crippen LogP contribution in [0.15, 0.2) is 36.9 Å². The monoisotopic (exact) mass is 285 g/mol. The predicted molar refractivity (Wildman–Crippen MR) is 75.4 cm³/mol. The Morgan fingerprint density at radius 3 is 2.90 bits per heavy atom. The summed E-state index contributed by atoms with van der Waals surface area (Å²) in [5, 5.41) is 4.87. The Morgan fingerprint density at radius 2 is 2.15 bits per heavy atom. The van der Waals surface area contributed by atoms with Gasteiger partial charge in [0.1, 0.15) is 10.7 Å². The van der Waals surface area contributed by atoms with Crippen molar-refractivity contribution in [3.8, 4) is 0 Å². The van der Waals surface area contributed by atoms with Crippen molar-refractivity contribution in [3.05, 3.63) is 47.6 Å². The fourth-order valence-corrected chi connectivity index (χ4v) is 2.71. The van der Waals surface area contributed by atoms with E-state index in [-0.39, 0.29) is 6.04 Å². The summed E-state index contributed by atoms with van der Waals surface area (Å²) in [7, 11) is 0. The molecule has 5 nitrogen and oxygen atoms in total. The van der Waals surface area contributed by atoms with Crippen LogP contribution in [0.3, 0.4) is 0 Å². The first-order valence-corrected chi connectivity index (χ1v) is 6.96. The van der Waals surface area contributed by atoms with Crippen molar-refractivity contribution in [2.75, 3.05) is 0 Å². The van der Waals surface area contributed by atoms with Crippen LogP contribution in [-0.4, -0.2) is 24.7 Å². The van der Waals surface area contributed by atoms with E-state index in [4.69, 9.17) is 11.6 Å². The Labute approximate surface area is 120 Å². The molecule has 0 radical (unpaired) electrons. The van der Waals surface area contributed by atoms with Crippen LogP contribution in [0.2, 0.25) is 5.15 Å². The van der Waals surface area contributed by atoms with Gasteiger partial charge in [-0.3, -0.25) is 4.98 Å². The Hall–Kier alpha value is -2.01. The SMILES string of the molecule is Clc1cnc2cnn(C(c3cccnc3)C3CC3)c2n1. The van der Waals surface area contributed by atoms with E-state index in [0.29, 0.717) is 11.1 Å². The summed E-state index contributed by atoms with van der Waals surface area (Å²) in [5.41, 5.74) is 2.66. The van der Waals surface area contributed by atoms with Gasteiger partial charge in [0.15, 0.2) is 5.65 Å². The van der Waals surface area contributed by atoms with Crippen LogP contribution in [0, 0.1) is 5.92 Å². The van der Waals surface area contributed by atoms with Crippen molar-refractivity contribution in [1.82, 2.24) is 24.7 Å². The van der Waals surface area contributed by atoms with Gasteiger partial charge in [0.25, 0.3) is 0 Å². The van der Waals surface area contributed by atoms with Gasteiger partial charge in [-0.2, -0.15) is 5.10 Å². The van der Waals surface area contributed by atoms with Gasteiger partial charge in [-0.05, 0) is 30.4 Å². The zero-order chi connectivity index (χ0) is 13.5. The molecule has 1 aliphatic rings. The van der Waals surface area contributed by atoms with E-state index < -0.39 is 0 Å². The van der Waals surface area contributed by atoms with Crippen LogP contribution < -0.4 is 0 Å². The molecule has 0 bridgehead atoms. The van der Waals surface area contributed by atoms with Gasteiger partial charge in [0.2, 0.25) is 0 Å². The Morgan fingerprint density at radius 1 is 1.25 bits per heavy atom. The first-order chi connectivity index (χ1) is 9.83. The molecule has 0 aromatic carbocycles. The molecule has 0 amide bonds. The highest BCUT2D eigenvalue weighted by atomic mass is 35.5. The van der Waals surface area contributed by atoms with Gasteiger partial charge in [0.05, 0.1) is 18.4 Å². The molecule has 1 saturated carbocycles. The fourth-order valence-electron chi connectivity index (χ4n) is 2.58. The zero-order valence-corrected chi connectivity index (χ0v) is 11.4. The summed E-state index contributed by atoms with van der Waals surface area (Å²) >= 11 is 5.97. The smallest absolute Gasteiger partial charge is 0.178 e. The maximum atomic E-state index is 5.97. The molecule has 0 aliphatic heterocycles. The lowest BCUT2D eigenvalue weighted by Crippen LogP contribution is -2.15. The number of rotatable bonds is 3. The molecule has 3 aromatic rings. The first-order valence-electron chi connectivity index (χ1n) is 6.58. The molecule has 1 atom stereocenters. The highest BCUT2D eigenvalue weighted by Crippen LogP contribution is 2.43. The number of halogens is 1. The standard InChI is InChI=1S/C14H12ClN5/c15-12-8-17-11-7-18-20(14(11)19-12)13(9-3-4-9)10-2-1-5-16-6-10/h1-2,5-9,13H,3-4H2. The normalized spacial score (nSPS) is 16.4. The molecule has 1 unspecified atom stereocenters. The zero-order valence-electron chi connectivity index (χ0n) is 10.6. The highest BCUT2D eigenvalue weighted by Gasteiger charge is 2.35. The van der Waals surface area contributed by atoms with Gasteiger partial charge in [0, 0.05) is 12.4 Å². The molecule has 20 heavy (non-hydrogen) atoms. The third-order valence-electron chi connectivity index (χ3n) is 3.63. The van der Waals surface area contributed by atoms with Crippen molar-refractivity contribution >= 4 is 22.8 Å². The summed E-state index contributed by atoms with van der Waals surface area (Å²) in [4.78, 5) is 12.9. The third-order valence-corrected chi connectivity index (χ3v) is 3.81. The Balaban J connectivity index is 1.88. The lowest BCUT2D eigenvalue weighted by atomic mass is 10.1. The average molecular weight is 286 g/mol. The van der Waals surface area contributed by atoms with E-state index >= 15 is 0 Å². The molecule has 6 heteroatoms. The van der Waals surface area contributed by atoms with Crippen LogP contribution in [0.5, 0.6) is 0 Å². The Kier molecular flexibility index (Phi) is 2.67. The molecule has 3 heterocycles. The minimum atomic E-state index is 0.161. The lowest BCUT2D eigenvalue weighted by molar-refractivity contribution is 0.480. The van der Waals surface area contributed by atoms with Crippen molar-refractivity contribution in [1.29, 1.82) is 0 Å². The van der Waals surface area contributed by atoms with Crippen LogP contribution in [0.1, 0.15) is 24.4 Å². The largest absolute Gasteiger partial charge is 0.264 e. The van der Waals surface area contributed by atoms with Crippen LogP contribution in [0.25, 0.3) is 11.2 Å². The van der Waals surface area contributed by atoms with Gasteiger partial charge in [-0.15, -0.1) is 0 Å². The van der Waals surface area contributed by atoms with E-state index in [0.717, 1.165) is 16.7 Å². The van der Waals surface area contributed by atoms with E-state index in [1.165, 1.54) is 12.8 Å². The van der Waals surface area contributed by atoms with Gasteiger partial charge in [-0.1, -0.05) is 17.7 Å². The van der Waals surface area contributed by atoms with Gasteiger partial charge >= 0.3 is 0 Å². The second kappa shape index (κ2) is 4.52. The van der Waals surface area contributed by atoms with E-state index in [1.807, 2.05) is 16.9 Å². The fraction of sp³-hybridized carbons (Fsp3) is 0.286. The second-order valence-electron chi connectivity index (χ2n) is 5.06. The third kappa shape index (κ3) is 1.94. The van der Waals surface area contributed by atoms with Gasteiger partial charge < -0.3 is 0 Å². The molecular weight excluding hydrogens is 274 g/mol. The number of fused-ring (bicyclic) bond motifs is 1. The van der Waals surface area contributed by atoms with Gasteiger partial charge in [-0.25, -0.2) is 14.6 Å². The summed E-state index contributed by atoms with van der Waals surface area (Å²) < 4.78 is 1.93. The van der Waals surface area contributed by atoms with Crippen LogP contribution in [-0.2, 0) is 0 Å². The number of pyridine rings is 1. The molecule has 1 fully saturated rings. The number of aromatic nitrogens is 5. The molecule has 4 rings (SSSR count). The quantitative estimate of drug-likeness (QED) is 0.742. The summed E-state index contributed by atoms with van der Waals surface area (Å²) in [6.45, 7) is 0. The molecule has 1 aliphatic carbocycles. The van der Waals surface area contributed by atoms with Crippen molar-refractivity contribution in [2.24, 2.45) is 5.92 Å². The van der Waals surface area contributed by atoms with Crippen molar-refractivity contribution in [2.45, 2.75) is 18.9 Å². The topological polar surface area (TPSA) is 56.5 Å². The minimum absolute atomic E-state index is 0.161. The predicted octanol–water partition coefficient (Wildman–Crippen LogP) is 2.87. The number of hydrogen-bond donors (Lipinski definition) is 0. The second-order valence-corrected chi connectivity index (χ2v) is 5.45. The first kappa shape index (κ1) is 11.8. The van der Waals surface area contributed by atoms with Crippen molar-refractivity contribution < 1.29 is 0 Å². The summed E-state index contributed by atoms with van der Waals surface area (Å²) in [6, 6.07) is 4.20. The molecule has 0 spiro atoms. The molecule has 0 N–H and O–H groups in total. The Bertz CT molecular complexity index is 751. The van der Waals surface area contributed by atoms with E-state index in [9.17, 15) is 0 Å². The number of nitrogens with zero attached hydrogens (tertiary/aromatic N) is 5. The molecule has 3 aromatic heterocycles. The highest BCUT2D eigenvalue weighted by molar-refractivity contribution is 6.29. The maximum absolute atomic E-state index is 5.97. The summed E-state index contributed by atoms with van der Waals surface area (Å²) in [6.07, 6.45) is 9.38. The molecule has 100 valence electrons. The van der Waals surface area contributed by atoms with E-state index in [2.05, 4.69) is 26.1 Å². The molecule has 0 saturated heterocycles. The van der Waals surface area contributed by atoms with Crippen LogP contribution >= 0.6 is 11.6 Å². The molecular formula is C14H12ClN5.